The minimum atomic E-state index is -0.303. The lowest BCUT2D eigenvalue weighted by atomic mass is 10.00. The van der Waals surface area contributed by atoms with E-state index in [0.29, 0.717) is 17.2 Å². The van der Waals surface area contributed by atoms with Crippen molar-refractivity contribution in [3.63, 3.8) is 0 Å². The molecule has 1 amide bonds. The van der Waals surface area contributed by atoms with Crippen molar-refractivity contribution in [3.05, 3.63) is 36.3 Å². The lowest BCUT2D eigenvalue weighted by molar-refractivity contribution is 0.102. The number of ether oxygens (including phenoxy) is 1. The molecule has 0 spiro atoms. The first-order valence-corrected chi connectivity index (χ1v) is 8.04. The summed E-state index contributed by atoms with van der Waals surface area (Å²) in [7, 11) is 1.48. The third-order valence-corrected chi connectivity index (χ3v) is 4.17. The predicted octanol–water partition coefficient (Wildman–Crippen LogP) is 2.37. The third-order valence-electron chi connectivity index (χ3n) is 4.17. The molecule has 0 unspecified atom stereocenters. The topological polar surface area (TPSA) is 80.2 Å². The van der Waals surface area contributed by atoms with Crippen molar-refractivity contribution >= 4 is 17.5 Å². The van der Waals surface area contributed by atoms with Crippen molar-refractivity contribution in [1.82, 2.24) is 15.0 Å². The van der Waals surface area contributed by atoms with Gasteiger partial charge in [0.15, 0.2) is 0 Å². The number of nitrogens with one attached hydrogen (secondary N) is 1. The predicted molar refractivity (Wildman–Crippen MR) is 91.4 cm³/mol. The smallest absolute Gasteiger partial charge is 0.261 e. The van der Waals surface area contributed by atoms with Crippen LogP contribution in [0.15, 0.2) is 30.7 Å². The second-order valence-corrected chi connectivity index (χ2v) is 5.96. The second-order valence-electron chi connectivity index (χ2n) is 5.96. The molecule has 0 saturated carbocycles. The first kappa shape index (κ1) is 16.2. The van der Waals surface area contributed by atoms with E-state index in [0.717, 1.165) is 31.8 Å². The van der Waals surface area contributed by atoms with Gasteiger partial charge in [-0.15, -0.1) is 0 Å². The van der Waals surface area contributed by atoms with Crippen LogP contribution in [0.3, 0.4) is 0 Å². The molecular weight excluding hydrogens is 306 g/mol. The Morgan fingerprint density at radius 1 is 1.25 bits per heavy atom. The summed E-state index contributed by atoms with van der Waals surface area (Å²) in [5.41, 5.74) is 0.911. The molecule has 24 heavy (non-hydrogen) atoms. The van der Waals surface area contributed by atoms with Crippen molar-refractivity contribution in [2.75, 3.05) is 30.4 Å². The van der Waals surface area contributed by atoms with Gasteiger partial charge in [-0.25, -0.2) is 15.0 Å². The van der Waals surface area contributed by atoms with Gasteiger partial charge in [0.25, 0.3) is 5.91 Å². The van der Waals surface area contributed by atoms with Crippen LogP contribution in [0, 0.1) is 5.92 Å². The Morgan fingerprint density at radius 2 is 1.96 bits per heavy atom. The van der Waals surface area contributed by atoms with Crippen LogP contribution in [-0.2, 0) is 0 Å². The highest BCUT2D eigenvalue weighted by Crippen LogP contribution is 2.21. The fraction of sp³-hybridized carbons (Fsp3) is 0.412. The molecule has 0 radical (unpaired) electrons. The number of methoxy groups -OCH3 is 1. The zero-order chi connectivity index (χ0) is 16.9. The fourth-order valence-corrected chi connectivity index (χ4v) is 2.68. The summed E-state index contributed by atoms with van der Waals surface area (Å²) in [6.07, 6.45) is 7.14. The summed E-state index contributed by atoms with van der Waals surface area (Å²) >= 11 is 0. The van der Waals surface area contributed by atoms with Crippen LogP contribution in [0.1, 0.15) is 30.1 Å². The Balaban J connectivity index is 1.67. The molecule has 1 N–H and O–H groups in total. The maximum atomic E-state index is 12.3. The summed E-state index contributed by atoms with van der Waals surface area (Å²) in [6, 6.07) is 3.35. The summed E-state index contributed by atoms with van der Waals surface area (Å²) in [4.78, 5) is 27.3. The normalized spacial score (nSPS) is 15.2. The number of hydrogen-bond acceptors (Lipinski definition) is 6. The van der Waals surface area contributed by atoms with E-state index in [-0.39, 0.29) is 11.8 Å². The SMILES string of the molecule is COc1ncccc1C(=O)Nc1cnc(N2CCC(C)CC2)nc1. The Bertz CT molecular complexity index is 696. The molecule has 3 heterocycles. The van der Waals surface area contributed by atoms with Gasteiger partial charge in [-0.05, 0) is 30.9 Å². The molecule has 0 atom stereocenters. The summed E-state index contributed by atoms with van der Waals surface area (Å²) in [5.74, 6) is 1.45. The number of amides is 1. The van der Waals surface area contributed by atoms with Gasteiger partial charge in [0.2, 0.25) is 11.8 Å². The van der Waals surface area contributed by atoms with E-state index in [2.05, 4.69) is 32.1 Å². The average molecular weight is 327 g/mol. The Morgan fingerprint density at radius 3 is 2.62 bits per heavy atom. The van der Waals surface area contributed by atoms with E-state index in [1.807, 2.05) is 0 Å². The first-order chi connectivity index (χ1) is 11.7. The van der Waals surface area contributed by atoms with Crippen molar-refractivity contribution < 1.29 is 9.53 Å². The molecule has 126 valence electrons. The van der Waals surface area contributed by atoms with Crippen LogP contribution in [-0.4, -0.2) is 41.1 Å². The van der Waals surface area contributed by atoms with Crippen LogP contribution in [0.5, 0.6) is 5.88 Å². The van der Waals surface area contributed by atoms with Gasteiger partial charge in [0, 0.05) is 19.3 Å². The van der Waals surface area contributed by atoms with E-state index < -0.39 is 0 Å². The van der Waals surface area contributed by atoms with E-state index >= 15 is 0 Å². The standard InChI is InChI=1S/C17H21N5O2/c1-12-5-8-22(9-6-12)17-19-10-13(11-20-17)21-15(23)14-4-3-7-18-16(14)24-2/h3-4,7,10-12H,5-6,8-9H2,1-2H3,(H,21,23). The number of rotatable bonds is 4. The Hall–Kier alpha value is -2.70. The monoisotopic (exact) mass is 327 g/mol. The molecule has 0 aliphatic carbocycles. The molecule has 1 saturated heterocycles. The molecular formula is C17H21N5O2. The quantitative estimate of drug-likeness (QED) is 0.928. The third kappa shape index (κ3) is 3.61. The van der Waals surface area contributed by atoms with Crippen molar-refractivity contribution in [3.8, 4) is 5.88 Å². The molecule has 1 aliphatic rings. The van der Waals surface area contributed by atoms with Gasteiger partial charge in [0.1, 0.15) is 5.56 Å². The molecule has 1 aliphatic heterocycles. The van der Waals surface area contributed by atoms with Crippen LogP contribution in [0.4, 0.5) is 11.6 Å². The Kier molecular flexibility index (Phi) is 4.88. The Labute approximate surface area is 141 Å². The molecule has 3 rings (SSSR count). The number of carbonyl (C=O) groups excluding carboxylic acids is 1. The summed E-state index contributed by atoms with van der Waals surface area (Å²) in [5, 5.41) is 2.77. The van der Waals surface area contributed by atoms with Crippen molar-refractivity contribution in [1.29, 1.82) is 0 Å². The van der Waals surface area contributed by atoms with Gasteiger partial charge in [0.05, 0.1) is 25.2 Å². The maximum absolute atomic E-state index is 12.3. The molecule has 7 heteroatoms. The van der Waals surface area contributed by atoms with Crippen LogP contribution in [0.2, 0.25) is 0 Å². The number of carbonyl (C=O) groups is 1. The average Bonchev–Trinajstić information content (AvgIpc) is 2.63. The van der Waals surface area contributed by atoms with Gasteiger partial charge < -0.3 is 15.0 Å². The van der Waals surface area contributed by atoms with E-state index in [9.17, 15) is 4.79 Å². The summed E-state index contributed by atoms with van der Waals surface area (Å²) in [6.45, 7) is 4.21. The van der Waals surface area contributed by atoms with Crippen molar-refractivity contribution in [2.45, 2.75) is 19.8 Å². The van der Waals surface area contributed by atoms with E-state index in [1.165, 1.54) is 7.11 Å². The number of nitrogens with zero attached hydrogens (tertiary/aromatic N) is 4. The number of pyridine rings is 1. The van der Waals surface area contributed by atoms with Gasteiger partial charge in [-0.3, -0.25) is 4.79 Å². The number of piperidine rings is 1. The number of anilines is 2. The zero-order valence-corrected chi connectivity index (χ0v) is 13.9. The minimum absolute atomic E-state index is 0.287. The summed E-state index contributed by atoms with van der Waals surface area (Å²) < 4.78 is 5.10. The molecule has 2 aromatic rings. The van der Waals surface area contributed by atoms with Crippen LogP contribution < -0.4 is 15.0 Å². The van der Waals surface area contributed by atoms with Gasteiger partial charge in [-0.1, -0.05) is 6.92 Å². The first-order valence-electron chi connectivity index (χ1n) is 8.04. The maximum Gasteiger partial charge on any atom is 0.261 e. The molecule has 2 aromatic heterocycles. The highest BCUT2D eigenvalue weighted by molar-refractivity contribution is 6.05. The van der Waals surface area contributed by atoms with Gasteiger partial charge >= 0.3 is 0 Å². The van der Waals surface area contributed by atoms with Crippen LogP contribution in [0.25, 0.3) is 0 Å². The molecule has 0 aromatic carbocycles. The lowest BCUT2D eigenvalue weighted by Crippen LogP contribution is -2.34. The van der Waals surface area contributed by atoms with Crippen LogP contribution >= 0.6 is 0 Å². The molecule has 7 nitrogen and oxygen atoms in total. The number of aromatic nitrogens is 3. The second kappa shape index (κ2) is 7.25. The molecule has 1 fully saturated rings. The van der Waals surface area contributed by atoms with Gasteiger partial charge in [-0.2, -0.15) is 0 Å². The lowest BCUT2D eigenvalue weighted by Gasteiger charge is -2.30. The fourth-order valence-electron chi connectivity index (χ4n) is 2.68. The van der Waals surface area contributed by atoms with E-state index in [4.69, 9.17) is 4.74 Å². The highest BCUT2D eigenvalue weighted by atomic mass is 16.5. The largest absolute Gasteiger partial charge is 0.480 e. The minimum Gasteiger partial charge on any atom is -0.480 e. The highest BCUT2D eigenvalue weighted by Gasteiger charge is 2.18. The zero-order valence-electron chi connectivity index (χ0n) is 13.9. The number of hydrogen-bond donors (Lipinski definition) is 1. The van der Waals surface area contributed by atoms with Crippen molar-refractivity contribution in [2.24, 2.45) is 5.92 Å². The molecule has 0 bridgehead atoms. The van der Waals surface area contributed by atoms with E-state index in [1.54, 1.807) is 30.7 Å².